The lowest BCUT2D eigenvalue weighted by Gasteiger charge is -2.06. The number of amides is 1. The summed E-state index contributed by atoms with van der Waals surface area (Å²) in [4.78, 5) is 16.5. The van der Waals surface area contributed by atoms with E-state index in [1.807, 2.05) is 0 Å². The molecule has 0 radical (unpaired) electrons. The van der Waals surface area contributed by atoms with E-state index in [0.717, 1.165) is 6.26 Å². The average molecular weight is 389 g/mol. The molecule has 0 aliphatic rings. The van der Waals surface area contributed by atoms with Crippen molar-refractivity contribution in [2.75, 3.05) is 11.6 Å². The van der Waals surface area contributed by atoms with Crippen LogP contribution in [0.4, 0.5) is 5.69 Å². The van der Waals surface area contributed by atoms with E-state index < -0.39 is 15.7 Å². The van der Waals surface area contributed by atoms with Gasteiger partial charge in [0.05, 0.1) is 9.92 Å². The second kappa shape index (κ2) is 7.19. The summed E-state index contributed by atoms with van der Waals surface area (Å²) >= 11 is 6.06. The number of nitrogens with one attached hydrogen (secondary N) is 1. The van der Waals surface area contributed by atoms with Gasteiger partial charge in [-0.05, 0) is 48.5 Å². The molecule has 3 aromatic rings. The molecule has 1 amide bonds. The molecule has 132 valence electrons. The lowest BCUT2D eigenvalue weighted by atomic mass is 10.2. The quantitative estimate of drug-likeness (QED) is 0.737. The molecule has 0 unspecified atom stereocenters. The van der Waals surface area contributed by atoms with Crippen molar-refractivity contribution in [1.29, 1.82) is 0 Å². The summed E-state index contributed by atoms with van der Waals surface area (Å²) in [6, 6.07) is 12.3. The lowest BCUT2D eigenvalue weighted by Crippen LogP contribution is -2.14. The van der Waals surface area contributed by atoms with Gasteiger partial charge in [-0.3, -0.25) is 9.78 Å². The van der Waals surface area contributed by atoms with Crippen molar-refractivity contribution >= 4 is 33.0 Å². The van der Waals surface area contributed by atoms with Gasteiger partial charge in [0, 0.05) is 18.1 Å². The number of nitrogens with zero attached hydrogens (tertiary/aromatic N) is 3. The minimum absolute atomic E-state index is 0.105. The van der Waals surface area contributed by atoms with Gasteiger partial charge in [0.25, 0.3) is 5.91 Å². The Labute approximate surface area is 155 Å². The fourth-order valence-corrected chi connectivity index (χ4v) is 2.98. The number of sulfone groups is 1. The van der Waals surface area contributed by atoms with Gasteiger partial charge in [-0.1, -0.05) is 11.6 Å². The zero-order valence-corrected chi connectivity index (χ0v) is 15.1. The summed E-state index contributed by atoms with van der Waals surface area (Å²) in [5.74, 6) is -0.469. The number of halogens is 1. The first-order valence-electron chi connectivity index (χ1n) is 7.41. The summed E-state index contributed by atoms with van der Waals surface area (Å²) < 4.78 is 22.9. The predicted octanol–water partition coefficient (Wildman–Crippen LogP) is 2.85. The molecule has 3 rings (SSSR count). The van der Waals surface area contributed by atoms with E-state index in [-0.39, 0.29) is 10.6 Å². The maximum absolute atomic E-state index is 12.2. The van der Waals surface area contributed by atoms with E-state index in [9.17, 15) is 13.2 Å². The van der Waals surface area contributed by atoms with Crippen molar-refractivity contribution in [3.8, 4) is 11.4 Å². The SMILES string of the molecule is CS(=O)(=O)c1ccc(NC(=O)c2ccc(-c3ncccc3Cl)nn2)cc1. The fourth-order valence-electron chi connectivity index (χ4n) is 2.13. The van der Waals surface area contributed by atoms with Crippen molar-refractivity contribution in [3.05, 3.63) is 65.4 Å². The van der Waals surface area contributed by atoms with Crippen LogP contribution in [0.1, 0.15) is 10.5 Å². The van der Waals surface area contributed by atoms with E-state index >= 15 is 0 Å². The number of hydrogen-bond acceptors (Lipinski definition) is 6. The van der Waals surface area contributed by atoms with E-state index in [2.05, 4.69) is 20.5 Å². The number of carbonyl (C=O) groups is 1. The number of benzene rings is 1. The largest absolute Gasteiger partial charge is 0.321 e. The van der Waals surface area contributed by atoms with Crippen LogP contribution in [0.3, 0.4) is 0 Å². The highest BCUT2D eigenvalue weighted by molar-refractivity contribution is 7.90. The van der Waals surface area contributed by atoms with Crippen LogP contribution >= 0.6 is 11.6 Å². The Morgan fingerprint density at radius 2 is 1.77 bits per heavy atom. The van der Waals surface area contributed by atoms with Gasteiger partial charge in [-0.2, -0.15) is 0 Å². The first-order valence-corrected chi connectivity index (χ1v) is 9.67. The molecule has 1 aromatic carbocycles. The van der Waals surface area contributed by atoms with Crippen molar-refractivity contribution < 1.29 is 13.2 Å². The molecule has 0 spiro atoms. The minimum Gasteiger partial charge on any atom is -0.321 e. The Balaban J connectivity index is 1.75. The molecule has 0 bridgehead atoms. The van der Waals surface area contributed by atoms with Crippen LogP contribution in [-0.4, -0.2) is 35.8 Å². The van der Waals surface area contributed by atoms with Gasteiger partial charge in [-0.15, -0.1) is 10.2 Å². The van der Waals surface area contributed by atoms with Crippen LogP contribution in [0.2, 0.25) is 5.02 Å². The molecular formula is C17H13ClN4O3S. The number of hydrogen-bond donors (Lipinski definition) is 1. The number of anilines is 1. The second-order valence-electron chi connectivity index (χ2n) is 5.39. The molecule has 7 nitrogen and oxygen atoms in total. The number of carbonyl (C=O) groups excluding carboxylic acids is 1. The van der Waals surface area contributed by atoms with Gasteiger partial charge < -0.3 is 5.32 Å². The molecule has 26 heavy (non-hydrogen) atoms. The molecule has 0 fully saturated rings. The molecule has 9 heteroatoms. The smallest absolute Gasteiger partial charge is 0.276 e. The Bertz CT molecular complexity index is 1050. The van der Waals surface area contributed by atoms with Crippen molar-refractivity contribution in [1.82, 2.24) is 15.2 Å². The molecule has 0 saturated heterocycles. The first-order chi connectivity index (χ1) is 12.3. The van der Waals surface area contributed by atoms with Crippen molar-refractivity contribution in [3.63, 3.8) is 0 Å². The first kappa shape index (κ1) is 18.0. The average Bonchev–Trinajstić information content (AvgIpc) is 2.62. The normalized spacial score (nSPS) is 11.2. The van der Waals surface area contributed by atoms with Crippen LogP contribution in [0.25, 0.3) is 11.4 Å². The van der Waals surface area contributed by atoms with Crippen LogP contribution in [0.5, 0.6) is 0 Å². The third-order valence-electron chi connectivity index (χ3n) is 3.44. The molecular weight excluding hydrogens is 376 g/mol. The van der Waals surface area contributed by atoms with Crippen LogP contribution < -0.4 is 5.32 Å². The third-order valence-corrected chi connectivity index (χ3v) is 4.87. The predicted molar refractivity (Wildman–Crippen MR) is 97.8 cm³/mol. The van der Waals surface area contributed by atoms with E-state index in [0.29, 0.717) is 22.1 Å². The van der Waals surface area contributed by atoms with Crippen LogP contribution in [0.15, 0.2) is 59.6 Å². The summed E-state index contributed by atoms with van der Waals surface area (Å²) in [6.07, 6.45) is 2.70. The maximum atomic E-state index is 12.2. The summed E-state index contributed by atoms with van der Waals surface area (Å²) in [5, 5.41) is 10.9. The van der Waals surface area contributed by atoms with Gasteiger partial charge in [0.1, 0.15) is 11.4 Å². The van der Waals surface area contributed by atoms with Crippen molar-refractivity contribution in [2.24, 2.45) is 0 Å². The summed E-state index contributed by atoms with van der Waals surface area (Å²) in [6.45, 7) is 0. The number of aromatic nitrogens is 3. The molecule has 2 aromatic heterocycles. The van der Waals surface area contributed by atoms with Crippen LogP contribution in [-0.2, 0) is 9.84 Å². The maximum Gasteiger partial charge on any atom is 0.276 e. The Hall–Kier alpha value is -2.84. The highest BCUT2D eigenvalue weighted by Crippen LogP contribution is 2.22. The molecule has 0 saturated carbocycles. The van der Waals surface area contributed by atoms with E-state index in [1.165, 1.54) is 30.3 Å². The molecule has 0 aliphatic heterocycles. The molecule has 2 heterocycles. The Morgan fingerprint density at radius 3 is 2.35 bits per heavy atom. The fraction of sp³-hybridized carbons (Fsp3) is 0.0588. The van der Waals surface area contributed by atoms with Crippen molar-refractivity contribution in [2.45, 2.75) is 4.90 Å². The Morgan fingerprint density at radius 1 is 1.04 bits per heavy atom. The molecule has 1 N–H and O–H groups in total. The highest BCUT2D eigenvalue weighted by Gasteiger charge is 2.12. The standard InChI is InChI=1S/C17H13ClN4O3S/c1-26(24,25)12-6-4-11(5-7-12)20-17(23)15-9-8-14(21-22-15)16-13(18)3-2-10-19-16/h2-10H,1H3,(H,20,23). The monoisotopic (exact) mass is 388 g/mol. The topological polar surface area (TPSA) is 102 Å². The summed E-state index contributed by atoms with van der Waals surface area (Å²) in [5.41, 5.74) is 1.48. The highest BCUT2D eigenvalue weighted by atomic mass is 35.5. The van der Waals surface area contributed by atoms with Gasteiger partial charge in [0.15, 0.2) is 15.5 Å². The number of pyridine rings is 1. The molecule has 0 atom stereocenters. The van der Waals surface area contributed by atoms with Gasteiger partial charge in [-0.25, -0.2) is 8.42 Å². The number of rotatable bonds is 4. The minimum atomic E-state index is -3.29. The summed E-state index contributed by atoms with van der Waals surface area (Å²) in [7, 11) is -3.29. The molecule has 0 aliphatic carbocycles. The second-order valence-corrected chi connectivity index (χ2v) is 7.81. The van der Waals surface area contributed by atoms with E-state index in [4.69, 9.17) is 11.6 Å². The van der Waals surface area contributed by atoms with Gasteiger partial charge in [0.2, 0.25) is 0 Å². The van der Waals surface area contributed by atoms with Gasteiger partial charge >= 0.3 is 0 Å². The Kier molecular flexibility index (Phi) is 4.97. The zero-order valence-electron chi connectivity index (χ0n) is 13.5. The third kappa shape index (κ3) is 4.04. The van der Waals surface area contributed by atoms with Crippen LogP contribution in [0, 0.1) is 0 Å². The van der Waals surface area contributed by atoms with E-state index in [1.54, 1.807) is 24.4 Å². The zero-order chi connectivity index (χ0) is 18.7. The lowest BCUT2D eigenvalue weighted by molar-refractivity contribution is 0.102.